The Hall–Kier alpha value is -4.45. The summed E-state index contributed by atoms with van der Waals surface area (Å²) in [4.78, 5) is 24.9. The van der Waals surface area contributed by atoms with Crippen LogP contribution in [0.5, 0.6) is 5.75 Å². The van der Waals surface area contributed by atoms with E-state index in [4.69, 9.17) is 4.74 Å². The third-order valence-electron chi connectivity index (χ3n) is 6.51. The molecular formula is C33H32FNO4. The number of carboxylic acids is 1. The van der Waals surface area contributed by atoms with E-state index < -0.39 is 11.9 Å². The molecule has 0 saturated carbocycles. The lowest BCUT2D eigenvalue weighted by Gasteiger charge is -2.16. The molecule has 5 nitrogen and oxygen atoms in total. The van der Waals surface area contributed by atoms with Crippen LogP contribution in [0.2, 0.25) is 0 Å². The Morgan fingerprint density at radius 1 is 0.872 bits per heavy atom. The van der Waals surface area contributed by atoms with Gasteiger partial charge >= 0.3 is 5.97 Å². The largest absolute Gasteiger partial charge is 0.493 e. The Bertz CT molecular complexity index is 1400. The molecule has 0 heterocycles. The van der Waals surface area contributed by atoms with Crippen LogP contribution in [0.15, 0.2) is 97.1 Å². The number of hydrogen-bond donors (Lipinski definition) is 2. The molecule has 0 fully saturated rings. The lowest BCUT2D eigenvalue weighted by atomic mass is 9.92. The van der Waals surface area contributed by atoms with Gasteiger partial charge in [0.25, 0.3) is 5.91 Å². The molecule has 0 bridgehead atoms. The molecule has 0 aliphatic rings. The molecule has 1 amide bonds. The molecule has 0 spiro atoms. The van der Waals surface area contributed by atoms with Gasteiger partial charge in [0, 0.05) is 23.2 Å². The summed E-state index contributed by atoms with van der Waals surface area (Å²) in [7, 11) is 0. The lowest BCUT2D eigenvalue weighted by Crippen LogP contribution is -2.23. The Kier molecular flexibility index (Phi) is 9.46. The van der Waals surface area contributed by atoms with Gasteiger partial charge in [-0.2, -0.15) is 0 Å². The highest BCUT2D eigenvalue weighted by Crippen LogP contribution is 2.25. The van der Waals surface area contributed by atoms with Crippen LogP contribution in [-0.4, -0.2) is 23.6 Å². The number of hydrogen-bond acceptors (Lipinski definition) is 3. The quantitative estimate of drug-likeness (QED) is 0.216. The first-order valence-electron chi connectivity index (χ1n) is 13.1. The maximum atomic E-state index is 14.1. The highest BCUT2D eigenvalue weighted by Gasteiger charge is 2.20. The molecular weight excluding hydrogens is 493 g/mol. The van der Waals surface area contributed by atoms with Crippen LogP contribution >= 0.6 is 0 Å². The van der Waals surface area contributed by atoms with Crippen LogP contribution in [0.3, 0.4) is 0 Å². The van der Waals surface area contributed by atoms with E-state index in [2.05, 4.69) is 5.32 Å². The highest BCUT2D eigenvalue weighted by molar-refractivity contribution is 5.94. The zero-order valence-electron chi connectivity index (χ0n) is 21.9. The molecule has 0 aromatic heterocycles. The van der Waals surface area contributed by atoms with Crippen LogP contribution in [-0.2, 0) is 24.2 Å². The van der Waals surface area contributed by atoms with Crippen molar-refractivity contribution in [2.45, 2.75) is 32.7 Å². The van der Waals surface area contributed by atoms with E-state index >= 15 is 0 Å². The number of carboxylic acid groups (broad SMARTS) is 1. The predicted octanol–water partition coefficient (Wildman–Crippen LogP) is 6.70. The normalized spacial score (nSPS) is 11.5. The summed E-state index contributed by atoms with van der Waals surface area (Å²) >= 11 is 0. The van der Waals surface area contributed by atoms with Crippen LogP contribution in [0.25, 0.3) is 11.1 Å². The number of carbonyl (C=O) groups is 2. The smallest absolute Gasteiger partial charge is 0.307 e. The molecule has 4 aromatic rings. The maximum Gasteiger partial charge on any atom is 0.307 e. The molecule has 1 atom stereocenters. The lowest BCUT2D eigenvalue weighted by molar-refractivity contribution is -0.141. The zero-order valence-corrected chi connectivity index (χ0v) is 21.9. The van der Waals surface area contributed by atoms with Crippen molar-refractivity contribution in [3.63, 3.8) is 0 Å². The Morgan fingerprint density at radius 2 is 1.56 bits per heavy atom. The third kappa shape index (κ3) is 7.54. The van der Waals surface area contributed by atoms with Crippen molar-refractivity contribution < 1.29 is 23.8 Å². The average Bonchev–Trinajstić information content (AvgIpc) is 2.96. The van der Waals surface area contributed by atoms with Gasteiger partial charge < -0.3 is 15.2 Å². The minimum Gasteiger partial charge on any atom is -0.493 e. The number of carbonyl (C=O) groups excluding carboxylic acids is 1. The third-order valence-corrected chi connectivity index (χ3v) is 6.51. The number of halogens is 1. The fraction of sp³-hybridized carbons (Fsp3) is 0.212. The number of benzene rings is 4. The van der Waals surface area contributed by atoms with Crippen molar-refractivity contribution in [1.29, 1.82) is 0 Å². The second-order valence-electron chi connectivity index (χ2n) is 9.46. The molecule has 4 aromatic carbocycles. The second-order valence-corrected chi connectivity index (χ2v) is 9.46. The SMILES string of the molecule is CCCOc1ccc(C[C@@H](Cc2ccccc2)C(=O)O)cc1CNC(=O)c1ccc(-c2ccccc2F)cc1. The van der Waals surface area contributed by atoms with E-state index in [1.165, 1.54) is 6.07 Å². The molecule has 0 radical (unpaired) electrons. The van der Waals surface area contributed by atoms with Gasteiger partial charge in [0.1, 0.15) is 11.6 Å². The Labute approximate surface area is 228 Å². The first-order valence-corrected chi connectivity index (χ1v) is 13.1. The Balaban J connectivity index is 1.47. The van der Waals surface area contributed by atoms with E-state index in [0.29, 0.717) is 41.9 Å². The van der Waals surface area contributed by atoms with E-state index in [1.807, 2.05) is 55.5 Å². The number of ether oxygens (including phenoxy) is 1. The van der Waals surface area contributed by atoms with E-state index in [0.717, 1.165) is 23.1 Å². The zero-order chi connectivity index (χ0) is 27.6. The summed E-state index contributed by atoms with van der Waals surface area (Å²) in [6.45, 7) is 2.77. The molecule has 0 saturated heterocycles. The molecule has 0 aliphatic heterocycles. The summed E-state index contributed by atoms with van der Waals surface area (Å²) in [6.07, 6.45) is 1.62. The molecule has 0 aliphatic carbocycles. The first kappa shape index (κ1) is 27.6. The van der Waals surface area contributed by atoms with Gasteiger partial charge in [-0.1, -0.05) is 79.7 Å². The minimum absolute atomic E-state index is 0.219. The number of rotatable bonds is 12. The molecule has 0 unspecified atom stereocenters. The minimum atomic E-state index is -0.848. The van der Waals surface area contributed by atoms with Crippen LogP contribution in [0, 0.1) is 11.7 Å². The van der Waals surface area contributed by atoms with Gasteiger partial charge in [-0.25, -0.2) is 4.39 Å². The fourth-order valence-corrected chi connectivity index (χ4v) is 4.45. The number of aliphatic carboxylic acids is 1. The van der Waals surface area contributed by atoms with Crippen LogP contribution < -0.4 is 10.1 Å². The van der Waals surface area contributed by atoms with E-state index in [9.17, 15) is 19.1 Å². The maximum absolute atomic E-state index is 14.1. The van der Waals surface area contributed by atoms with Gasteiger partial charge in [-0.05, 0) is 60.2 Å². The van der Waals surface area contributed by atoms with Crippen molar-refractivity contribution in [3.05, 3.63) is 125 Å². The van der Waals surface area contributed by atoms with E-state index in [1.54, 1.807) is 42.5 Å². The van der Waals surface area contributed by atoms with Gasteiger partial charge in [0.05, 0.1) is 12.5 Å². The first-order chi connectivity index (χ1) is 18.9. The Morgan fingerprint density at radius 3 is 2.26 bits per heavy atom. The van der Waals surface area contributed by atoms with Crippen molar-refractivity contribution >= 4 is 11.9 Å². The number of nitrogens with one attached hydrogen (secondary N) is 1. The van der Waals surface area contributed by atoms with Crippen LogP contribution in [0.1, 0.15) is 40.4 Å². The van der Waals surface area contributed by atoms with Crippen molar-refractivity contribution in [1.82, 2.24) is 5.32 Å². The summed E-state index contributed by atoms with van der Waals surface area (Å²) < 4.78 is 20.0. The molecule has 4 rings (SSSR count). The summed E-state index contributed by atoms with van der Waals surface area (Å²) in [5.41, 5.74) is 4.24. The standard InChI is InChI=1S/C33H32FNO4/c1-2-18-39-31-17-12-24(20-27(33(37)38)19-23-8-4-3-5-9-23)21-28(31)22-35-32(36)26-15-13-25(14-16-26)29-10-6-7-11-30(29)34/h3-17,21,27H,2,18-20,22H2,1H3,(H,35,36)(H,37,38)/t27-/m1/s1. The summed E-state index contributed by atoms with van der Waals surface area (Å²) in [5, 5.41) is 12.8. The number of amides is 1. The summed E-state index contributed by atoms with van der Waals surface area (Å²) in [6, 6.07) is 28.5. The van der Waals surface area contributed by atoms with Gasteiger partial charge in [-0.15, -0.1) is 0 Å². The molecule has 2 N–H and O–H groups in total. The predicted molar refractivity (Wildman–Crippen MR) is 150 cm³/mol. The van der Waals surface area contributed by atoms with Gasteiger partial charge in [-0.3, -0.25) is 9.59 Å². The second kappa shape index (κ2) is 13.4. The van der Waals surface area contributed by atoms with Crippen molar-refractivity contribution in [2.24, 2.45) is 5.92 Å². The highest BCUT2D eigenvalue weighted by atomic mass is 19.1. The van der Waals surface area contributed by atoms with E-state index in [-0.39, 0.29) is 18.3 Å². The topological polar surface area (TPSA) is 75.6 Å². The van der Waals surface area contributed by atoms with Crippen LogP contribution in [0.4, 0.5) is 4.39 Å². The molecule has 200 valence electrons. The van der Waals surface area contributed by atoms with Crippen molar-refractivity contribution in [3.8, 4) is 16.9 Å². The molecule has 6 heteroatoms. The summed E-state index contributed by atoms with van der Waals surface area (Å²) in [5.74, 6) is -1.35. The van der Waals surface area contributed by atoms with Gasteiger partial charge in [0.2, 0.25) is 0 Å². The fourth-order valence-electron chi connectivity index (χ4n) is 4.45. The van der Waals surface area contributed by atoms with Gasteiger partial charge in [0.15, 0.2) is 0 Å². The average molecular weight is 526 g/mol. The van der Waals surface area contributed by atoms with Crippen molar-refractivity contribution in [2.75, 3.05) is 6.61 Å². The molecule has 39 heavy (non-hydrogen) atoms. The monoisotopic (exact) mass is 525 g/mol.